The molecular formula is C14H26N2O2. The van der Waals surface area contributed by atoms with Crippen molar-refractivity contribution in [2.24, 2.45) is 0 Å². The fraction of sp³-hybridized carbons (Fsp3) is 0.929. The lowest BCUT2D eigenvalue weighted by Crippen LogP contribution is -2.44. The third kappa shape index (κ3) is 3.95. The Morgan fingerprint density at radius 3 is 2.72 bits per heavy atom. The number of hydrogen-bond acceptors (Lipinski definition) is 3. The molecule has 0 radical (unpaired) electrons. The van der Waals surface area contributed by atoms with Crippen LogP contribution in [-0.4, -0.2) is 49.2 Å². The zero-order chi connectivity index (χ0) is 12.8. The van der Waals surface area contributed by atoms with E-state index in [1.54, 1.807) is 0 Å². The summed E-state index contributed by atoms with van der Waals surface area (Å²) in [5.74, 6) is 0.320. The van der Waals surface area contributed by atoms with Crippen LogP contribution in [-0.2, 0) is 9.53 Å². The van der Waals surface area contributed by atoms with Crippen LogP contribution in [0.2, 0.25) is 0 Å². The third-order valence-electron chi connectivity index (χ3n) is 4.04. The molecule has 18 heavy (non-hydrogen) atoms. The van der Waals surface area contributed by atoms with Crippen LogP contribution in [0.25, 0.3) is 0 Å². The second kappa shape index (κ2) is 7.10. The fourth-order valence-electron chi connectivity index (χ4n) is 2.94. The van der Waals surface area contributed by atoms with Crippen LogP contribution >= 0.6 is 0 Å². The van der Waals surface area contributed by atoms with Crippen molar-refractivity contribution in [2.75, 3.05) is 26.2 Å². The summed E-state index contributed by atoms with van der Waals surface area (Å²) in [6, 6.07) is 0.609. The molecule has 1 atom stereocenters. The number of piperidine rings is 1. The molecule has 0 aromatic rings. The molecule has 104 valence electrons. The standard InChI is InChI=1S/C14H26N2O2/c1-2-15-12-7-9-16(10-8-12)14(17)6-5-13-4-3-11-18-13/h12-13,15H,2-11H2,1H3. The largest absolute Gasteiger partial charge is 0.378 e. The molecule has 1 amide bonds. The minimum atomic E-state index is 0.320. The maximum Gasteiger partial charge on any atom is 0.222 e. The van der Waals surface area contributed by atoms with Gasteiger partial charge in [0, 0.05) is 32.2 Å². The van der Waals surface area contributed by atoms with Gasteiger partial charge in [-0.25, -0.2) is 0 Å². The van der Waals surface area contributed by atoms with Gasteiger partial charge in [-0.15, -0.1) is 0 Å². The Morgan fingerprint density at radius 2 is 2.11 bits per heavy atom. The molecule has 2 aliphatic heterocycles. The van der Waals surface area contributed by atoms with Crippen LogP contribution < -0.4 is 5.32 Å². The van der Waals surface area contributed by atoms with Crippen LogP contribution in [0.1, 0.15) is 45.4 Å². The van der Waals surface area contributed by atoms with Gasteiger partial charge >= 0.3 is 0 Å². The average Bonchev–Trinajstić information content (AvgIpc) is 2.90. The Morgan fingerprint density at radius 1 is 1.33 bits per heavy atom. The van der Waals surface area contributed by atoms with E-state index < -0.39 is 0 Å². The Bertz CT molecular complexity index is 257. The number of amides is 1. The highest BCUT2D eigenvalue weighted by Gasteiger charge is 2.23. The molecule has 0 aliphatic carbocycles. The number of nitrogens with one attached hydrogen (secondary N) is 1. The summed E-state index contributed by atoms with van der Waals surface area (Å²) < 4.78 is 5.56. The number of carbonyl (C=O) groups excluding carboxylic acids is 1. The Balaban J connectivity index is 1.64. The number of hydrogen-bond donors (Lipinski definition) is 1. The van der Waals surface area contributed by atoms with Crippen molar-refractivity contribution < 1.29 is 9.53 Å². The first-order valence-corrected chi connectivity index (χ1v) is 7.42. The summed E-state index contributed by atoms with van der Waals surface area (Å²) in [7, 11) is 0. The molecule has 2 heterocycles. The molecule has 0 spiro atoms. The van der Waals surface area contributed by atoms with E-state index in [4.69, 9.17) is 4.74 Å². The minimum Gasteiger partial charge on any atom is -0.378 e. The van der Waals surface area contributed by atoms with Crippen LogP contribution in [0.3, 0.4) is 0 Å². The van der Waals surface area contributed by atoms with E-state index in [1.165, 1.54) is 0 Å². The maximum absolute atomic E-state index is 12.1. The van der Waals surface area contributed by atoms with Crippen molar-refractivity contribution in [1.82, 2.24) is 10.2 Å². The smallest absolute Gasteiger partial charge is 0.222 e. The Labute approximate surface area is 110 Å². The van der Waals surface area contributed by atoms with Crippen molar-refractivity contribution in [3.8, 4) is 0 Å². The van der Waals surface area contributed by atoms with E-state index in [1.807, 2.05) is 4.90 Å². The second-order valence-electron chi connectivity index (χ2n) is 5.39. The summed E-state index contributed by atoms with van der Waals surface area (Å²) in [6.07, 6.45) is 6.40. The molecule has 4 nitrogen and oxygen atoms in total. The second-order valence-corrected chi connectivity index (χ2v) is 5.39. The molecule has 4 heteroatoms. The fourth-order valence-corrected chi connectivity index (χ4v) is 2.94. The van der Waals surface area contributed by atoms with E-state index in [-0.39, 0.29) is 0 Å². The Hall–Kier alpha value is -0.610. The molecular weight excluding hydrogens is 228 g/mol. The SMILES string of the molecule is CCNC1CCN(C(=O)CCC2CCCO2)CC1. The van der Waals surface area contributed by atoms with Crippen molar-refractivity contribution >= 4 is 5.91 Å². The lowest BCUT2D eigenvalue weighted by molar-refractivity contribution is -0.132. The van der Waals surface area contributed by atoms with Gasteiger partial charge in [0.2, 0.25) is 5.91 Å². The number of nitrogens with zero attached hydrogens (tertiary/aromatic N) is 1. The molecule has 0 aromatic heterocycles. The number of likely N-dealkylation sites (tertiary alicyclic amines) is 1. The highest BCUT2D eigenvalue weighted by atomic mass is 16.5. The van der Waals surface area contributed by atoms with Crippen LogP contribution in [0.15, 0.2) is 0 Å². The van der Waals surface area contributed by atoms with E-state index in [0.29, 0.717) is 24.5 Å². The van der Waals surface area contributed by atoms with Gasteiger partial charge in [0.1, 0.15) is 0 Å². The predicted octanol–water partition coefficient (Wildman–Crippen LogP) is 1.55. The monoisotopic (exact) mass is 254 g/mol. The summed E-state index contributed by atoms with van der Waals surface area (Å²) in [6.45, 7) is 5.88. The lowest BCUT2D eigenvalue weighted by atomic mass is 10.0. The van der Waals surface area contributed by atoms with E-state index in [2.05, 4.69) is 12.2 Å². The zero-order valence-corrected chi connectivity index (χ0v) is 11.5. The number of carbonyl (C=O) groups is 1. The maximum atomic E-state index is 12.1. The topological polar surface area (TPSA) is 41.6 Å². The normalized spacial score (nSPS) is 25.6. The molecule has 2 aliphatic rings. The van der Waals surface area contributed by atoms with Crippen LogP contribution in [0, 0.1) is 0 Å². The van der Waals surface area contributed by atoms with Crippen molar-refractivity contribution in [3.63, 3.8) is 0 Å². The first-order chi connectivity index (χ1) is 8.79. The van der Waals surface area contributed by atoms with Crippen molar-refractivity contribution in [2.45, 2.75) is 57.6 Å². The first-order valence-electron chi connectivity index (χ1n) is 7.42. The molecule has 2 rings (SSSR count). The molecule has 2 saturated heterocycles. The van der Waals surface area contributed by atoms with Gasteiger partial charge in [0.25, 0.3) is 0 Å². The summed E-state index contributed by atoms with van der Waals surface area (Å²) in [5, 5.41) is 3.46. The van der Waals surface area contributed by atoms with Gasteiger partial charge in [-0.1, -0.05) is 6.92 Å². The zero-order valence-electron chi connectivity index (χ0n) is 11.5. The summed E-state index contributed by atoms with van der Waals surface area (Å²) in [4.78, 5) is 14.1. The highest BCUT2D eigenvalue weighted by molar-refractivity contribution is 5.76. The summed E-state index contributed by atoms with van der Waals surface area (Å²) >= 11 is 0. The highest BCUT2D eigenvalue weighted by Crippen LogP contribution is 2.18. The molecule has 0 saturated carbocycles. The van der Waals surface area contributed by atoms with Gasteiger partial charge in [0.15, 0.2) is 0 Å². The van der Waals surface area contributed by atoms with Crippen LogP contribution in [0.5, 0.6) is 0 Å². The van der Waals surface area contributed by atoms with Crippen molar-refractivity contribution in [1.29, 1.82) is 0 Å². The van der Waals surface area contributed by atoms with E-state index in [9.17, 15) is 4.79 Å². The van der Waals surface area contributed by atoms with Crippen LogP contribution in [0.4, 0.5) is 0 Å². The van der Waals surface area contributed by atoms with Gasteiger partial charge in [-0.2, -0.15) is 0 Å². The van der Waals surface area contributed by atoms with Gasteiger partial charge in [-0.3, -0.25) is 4.79 Å². The third-order valence-corrected chi connectivity index (χ3v) is 4.04. The van der Waals surface area contributed by atoms with E-state index >= 15 is 0 Å². The first kappa shape index (κ1) is 13.8. The molecule has 0 aromatic carbocycles. The molecule has 1 N–H and O–H groups in total. The van der Waals surface area contributed by atoms with Gasteiger partial charge in [0.05, 0.1) is 6.10 Å². The molecule has 2 fully saturated rings. The van der Waals surface area contributed by atoms with Crippen molar-refractivity contribution in [3.05, 3.63) is 0 Å². The summed E-state index contributed by atoms with van der Waals surface area (Å²) in [5.41, 5.74) is 0. The molecule has 1 unspecified atom stereocenters. The number of rotatable bonds is 5. The Kier molecular flexibility index (Phi) is 5.45. The average molecular weight is 254 g/mol. The lowest BCUT2D eigenvalue weighted by Gasteiger charge is -2.32. The minimum absolute atomic E-state index is 0.320. The predicted molar refractivity (Wildman–Crippen MR) is 71.5 cm³/mol. The van der Waals surface area contributed by atoms with Gasteiger partial charge in [-0.05, 0) is 38.6 Å². The quantitative estimate of drug-likeness (QED) is 0.809. The van der Waals surface area contributed by atoms with E-state index in [0.717, 1.165) is 58.3 Å². The molecule has 0 bridgehead atoms. The van der Waals surface area contributed by atoms with Gasteiger partial charge < -0.3 is 15.0 Å². The number of ether oxygens (including phenoxy) is 1.